The van der Waals surface area contributed by atoms with Crippen LogP contribution in [0.15, 0.2) is 42.5 Å². The molecule has 7 heteroatoms. The summed E-state index contributed by atoms with van der Waals surface area (Å²) in [5.74, 6) is 0.135. The molecule has 2 rings (SSSR count). The number of benzene rings is 2. The number of rotatable bonds is 6. The molecule has 0 saturated heterocycles. The lowest BCUT2D eigenvalue weighted by Gasteiger charge is -2.19. The Morgan fingerprint density at radius 3 is 2.44 bits per heavy atom. The lowest BCUT2D eigenvalue weighted by molar-refractivity contribution is -0.137. The van der Waals surface area contributed by atoms with Gasteiger partial charge in [0.2, 0.25) is 0 Å². The maximum absolute atomic E-state index is 13.3. The van der Waals surface area contributed by atoms with Crippen molar-refractivity contribution in [1.29, 1.82) is 0 Å². The second-order valence-corrected chi connectivity index (χ2v) is 6.69. The summed E-state index contributed by atoms with van der Waals surface area (Å²) in [5.41, 5.74) is 0.245. The van der Waals surface area contributed by atoms with E-state index in [9.17, 15) is 18.0 Å². The molecule has 0 saturated carbocycles. The number of ether oxygens (including phenoxy) is 1. The van der Waals surface area contributed by atoms with E-state index in [-0.39, 0.29) is 12.3 Å². The molecule has 0 unspecified atom stereocenters. The van der Waals surface area contributed by atoms with Crippen LogP contribution in [0.2, 0.25) is 0 Å². The molecule has 0 aliphatic rings. The number of nitrogens with one attached hydrogen (secondary N) is 1. The molecule has 0 aromatic heterocycles. The number of halogens is 3. The normalized spacial score (nSPS) is 11.4. The first-order chi connectivity index (χ1) is 12.6. The topological polar surface area (TPSA) is 41.6 Å². The first-order valence-corrected chi connectivity index (χ1v) is 8.49. The lowest BCUT2D eigenvalue weighted by atomic mass is 10.0. The van der Waals surface area contributed by atoms with Gasteiger partial charge in [0.15, 0.2) is 6.61 Å². The number of nitrogens with zero attached hydrogens (tertiary/aromatic N) is 1. The lowest BCUT2D eigenvalue weighted by Crippen LogP contribution is -2.22. The highest BCUT2D eigenvalue weighted by Crippen LogP contribution is 2.37. The summed E-state index contributed by atoms with van der Waals surface area (Å²) in [5, 5.41) is 2.29. The van der Waals surface area contributed by atoms with E-state index in [0.29, 0.717) is 17.4 Å². The van der Waals surface area contributed by atoms with E-state index in [2.05, 4.69) is 5.32 Å². The molecule has 2 aromatic rings. The van der Waals surface area contributed by atoms with Crippen molar-refractivity contribution >= 4 is 17.3 Å². The van der Waals surface area contributed by atoms with Crippen LogP contribution in [0.5, 0.6) is 5.75 Å². The van der Waals surface area contributed by atoms with Gasteiger partial charge in [-0.15, -0.1) is 0 Å². The van der Waals surface area contributed by atoms with E-state index >= 15 is 0 Å². The van der Waals surface area contributed by atoms with E-state index in [4.69, 9.17) is 4.74 Å². The zero-order valence-electron chi connectivity index (χ0n) is 15.7. The van der Waals surface area contributed by atoms with Crippen LogP contribution in [0.25, 0.3) is 0 Å². The number of anilines is 2. The molecule has 0 bridgehead atoms. The Morgan fingerprint density at radius 1 is 1.15 bits per heavy atom. The van der Waals surface area contributed by atoms with Crippen LogP contribution in [-0.2, 0) is 11.0 Å². The van der Waals surface area contributed by atoms with E-state index < -0.39 is 17.6 Å². The zero-order valence-corrected chi connectivity index (χ0v) is 15.7. The van der Waals surface area contributed by atoms with Gasteiger partial charge in [-0.25, -0.2) is 0 Å². The summed E-state index contributed by atoms with van der Waals surface area (Å²) in [6, 6.07) is 11.0. The molecule has 0 atom stereocenters. The molecule has 0 aliphatic heterocycles. The minimum Gasteiger partial charge on any atom is -0.484 e. The van der Waals surface area contributed by atoms with Crippen molar-refractivity contribution in [3.8, 4) is 5.75 Å². The predicted molar refractivity (Wildman–Crippen MR) is 100 cm³/mol. The van der Waals surface area contributed by atoms with Crippen LogP contribution in [0, 0.1) is 0 Å². The fourth-order valence-corrected chi connectivity index (χ4v) is 2.45. The third kappa shape index (κ3) is 5.64. The molecule has 0 fully saturated rings. The third-order valence-corrected chi connectivity index (χ3v) is 3.99. The van der Waals surface area contributed by atoms with E-state index in [1.54, 1.807) is 25.1 Å². The van der Waals surface area contributed by atoms with Crippen LogP contribution in [0.3, 0.4) is 0 Å². The average Bonchev–Trinajstić information content (AvgIpc) is 2.59. The maximum atomic E-state index is 13.3. The molecule has 1 amide bonds. The largest absolute Gasteiger partial charge is 0.484 e. The molecule has 2 aromatic carbocycles. The van der Waals surface area contributed by atoms with Gasteiger partial charge in [-0.05, 0) is 41.8 Å². The molecule has 146 valence electrons. The summed E-state index contributed by atoms with van der Waals surface area (Å²) in [4.78, 5) is 13.6. The van der Waals surface area contributed by atoms with E-state index in [1.807, 2.05) is 32.0 Å². The second-order valence-electron chi connectivity index (χ2n) is 6.69. The smallest absolute Gasteiger partial charge is 0.418 e. The van der Waals surface area contributed by atoms with Gasteiger partial charge in [0.25, 0.3) is 5.91 Å². The van der Waals surface area contributed by atoms with Gasteiger partial charge in [-0.3, -0.25) is 4.79 Å². The standard InChI is InChI=1S/C20H23F3N2O2/c1-13(2)14-6-5-7-16(10-14)27-12-19(26)24-18-9-8-15(25(3)4)11-17(18)20(21,22)23/h5-11,13H,12H2,1-4H3,(H,24,26). The Labute approximate surface area is 156 Å². The molecule has 1 N–H and O–H groups in total. The SMILES string of the molecule is CC(C)c1cccc(OCC(=O)Nc2ccc(N(C)C)cc2C(F)(F)F)c1. The Balaban J connectivity index is 2.10. The Morgan fingerprint density at radius 2 is 1.85 bits per heavy atom. The minimum absolute atomic E-state index is 0.294. The summed E-state index contributed by atoms with van der Waals surface area (Å²) >= 11 is 0. The van der Waals surface area contributed by atoms with Gasteiger partial charge in [0, 0.05) is 19.8 Å². The van der Waals surface area contributed by atoms with Crippen LogP contribution in [-0.4, -0.2) is 26.6 Å². The number of alkyl halides is 3. The minimum atomic E-state index is -4.58. The predicted octanol–water partition coefficient (Wildman–Crippen LogP) is 4.91. The van der Waals surface area contributed by atoms with Crippen LogP contribution in [0.4, 0.5) is 24.5 Å². The molecule has 0 heterocycles. The van der Waals surface area contributed by atoms with Crippen molar-refractivity contribution in [3.63, 3.8) is 0 Å². The first kappa shape index (κ1) is 20.6. The van der Waals surface area contributed by atoms with Crippen molar-refractivity contribution in [2.24, 2.45) is 0 Å². The van der Waals surface area contributed by atoms with Crippen LogP contribution in [0.1, 0.15) is 30.9 Å². The van der Waals surface area contributed by atoms with E-state index in [0.717, 1.165) is 11.6 Å². The average molecular weight is 380 g/mol. The number of hydrogen-bond donors (Lipinski definition) is 1. The molecule has 0 spiro atoms. The molecule has 27 heavy (non-hydrogen) atoms. The van der Waals surface area contributed by atoms with Gasteiger partial charge in [-0.1, -0.05) is 26.0 Å². The van der Waals surface area contributed by atoms with E-state index in [1.165, 1.54) is 12.1 Å². The number of carbonyl (C=O) groups is 1. The summed E-state index contributed by atoms with van der Waals surface area (Å²) in [6.45, 7) is 3.68. The molecule has 0 aliphatic carbocycles. The molecule has 4 nitrogen and oxygen atoms in total. The highest BCUT2D eigenvalue weighted by atomic mass is 19.4. The second kappa shape index (κ2) is 8.33. The summed E-state index contributed by atoms with van der Waals surface area (Å²) < 4.78 is 45.4. The fourth-order valence-electron chi connectivity index (χ4n) is 2.45. The quantitative estimate of drug-likeness (QED) is 0.774. The van der Waals surface area contributed by atoms with Crippen molar-refractivity contribution in [2.75, 3.05) is 30.9 Å². The number of carbonyl (C=O) groups excluding carboxylic acids is 1. The molecular weight excluding hydrogens is 357 g/mol. The number of hydrogen-bond acceptors (Lipinski definition) is 3. The van der Waals surface area contributed by atoms with Crippen molar-refractivity contribution < 1.29 is 22.7 Å². The Hall–Kier alpha value is -2.70. The number of amides is 1. The first-order valence-electron chi connectivity index (χ1n) is 8.49. The van der Waals surface area contributed by atoms with Gasteiger partial charge < -0.3 is 15.0 Å². The van der Waals surface area contributed by atoms with Gasteiger partial charge in [0.05, 0.1) is 11.3 Å². The van der Waals surface area contributed by atoms with Crippen LogP contribution < -0.4 is 15.0 Å². The van der Waals surface area contributed by atoms with Crippen molar-refractivity contribution in [3.05, 3.63) is 53.6 Å². The fraction of sp³-hybridized carbons (Fsp3) is 0.350. The third-order valence-electron chi connectivity index (χ3n) is 3.99. The highest BCUT2D eigenvalue weighted by Gasteiger charge is 2.34. The zero-order chi connectivity index (χ0) is 20.2. The van der Waals surface area contributed by atoms with Crippen LogP contribution >= 0.6 is 0 Å². The summed E-state index contributed by atoms with van der Waals surface area (Å²) in [6.07, 6.45) is -4.58. The molecule has 0 radical (unpaired) electrons. The Kier molecular flexibility index (Phi) is 6.36. The maximum Gasteiger partial charge on any atom is 0.418 e. The highest BCUT2D eigenvalue weighted by molar-refractivity contribution is 5.93. The molecular formula is C20H23F3N2O2. The van der Waals surface area contributed by atoms with Gasteiger partial charge >= 0.3 is 6.18 Å². The van der Waals surface area contributed by atoms with Gasteiger partial charge in [-0.2, -0.15) is 13.2 Å². The van der Waals surface area contributed by atoms with Crippen molar-refractivity contribution in [1.82, 2.24) is 0 Å². The monoisotopic (exact) mass is 380 g/mol. The summed E-state index contributed by atoms with van der Waals surface area (Å²) in [7, 11) is 3.29. The van der Waals surface area contributed by atoms with Crippen molar-refractivity contribution in [2.45, 2.75) is 25.9 Å². The Bertz CT molecular complexity index is 802. The van der Waals surface area contributed by atoms with Gasteiger partial charge in [0.1, 0.15) is 5.75 Å².